The molecule has 0 bridgehead atoms. The maximum Gasteiger partial charge on any atom is 0.0965 e. The van der Waals surface area contributed by atoms with Gasteiger partial charge in [-0.25, -0.2) is 0 Å². The number of aromatic nitrogens is 3. The van der Waals surface area contributed by atoms with Crippen LogP contribution in [0.1, 0.15) is 46.2 Å². The minimum Gasteiger partial charge on any atom is -0.306 e. The highest BCUT2D eigenvalue weighted by atomic mass is 15.4. The lowest BCUT2D eigenvalue weighted by molar-refractivity contribution is 0.176. The second-order valence-electron chi connectivity index (χ2n) is 7.12. The van der Waals surface area contributed by atoms with Gasteiger partial charge < -0.3 is 10.2 Å². The number of likely N-dealkylation sites (tertiary alicyclic amines) is 1. The Hall–Kier alpha value is -0.940. The van der Waals surface area contributed by atoms with Gasteiger partial charge in [0.1, 0.15) is 0 Å². The second-order valence-corrected chi connectivity index (χ2v) is 7.12. The van der Waals surface area contributed by atoms with Crippen LogP contribution in [0.3, 0.4) is 0 Å². The predicted octanol–water partition coefficient (Wildman–Crippen LogP) is 1.90. The lowest BCUT2D eigenvalue weighted by atomic mass is 10.0. The molecule has 2 rings (SSSR count). The molecule has 114 valence electrons. The van der Waals surface area contributed by atoms with E-state index in [1.54, 1.807) is 0 Å². The van der Waals surface area contributed by atoms with Crippen LogP contribution in [0.4, 0.5) is 0 Å². The molecule has 1 aliphatic rings. The maximum absolute atomic E-state index is 4.23. The van der Waals surface area contributed by atoms with Crippen molar-refractivity contribution in [3.05, 3.63) is 11.9 Å². The molecule has 2 heterocycles. The Kier molecular flexibility index (Phi) is 5.16. The Morgan fingerprint density at radius 3 is 2.85 bits per heavy atom. The number of nitrogens with one attached hydrogen (secondary N) is 1. The summed E-state index contributed by atoms with van der Waals surface area (Å²) in [6.07, 6.45) is 4.77. The van der Waals surface area contributed by atoms with Crippen LogP contribution in [0.15, 0.2) is 6.20 Å². The van der Waals surface area contributed by atoms with Crippen LogP contribution in [0, 0.1) is 5.92 Å². The molecule has 5 nitrogen and oxygen atoms in total. The Bertz CT molecular complexity index is 407. The van der Waals surface area contributed by atoms with Gasteiger partial charge in [-0.3, -0.25) is 4.68 Å². The van der Waals surface area contributed by atoms with Crippen molar-refractivity contribution in [1.29, 1.82) is 0 Å². The second kappa shape index (κ2) is 6.68. The van der Waals surface area contributed by atoms with Gasteiger partial charge in [-0.2, -0.15) is 0 Å². The largest absolute Gasteiger partial charge is 0.306 e. The lowest BCUT2D eigenvalue weighted by Gasteiger charge is -2.30. The molecule has 1 aliphatic heterocycles. The van der Waals surface area contributed by atoms with Gasteiger partial charge in [-0.15, -0.1) is 5.10 Å². The van der Waals surface area contributed by atoms with Gasteiger partial charge >= 0.3 is 0 Å². The fraction of sp³-hybridized carbons (Fsp3) is 0.867. The molecular formula is C15H29N5. The van der Waals surface area contributed by atoms with Gasteiger partial charge in [0.2, 0.25) is 0 Å². The number of hydrogen-bond donors (Lipinski definition) is 1. The molecule has 5 heteroatoms. The van der Waals surface area contributed by atoms with Crippen LogP contribution in [0.5, 0.6) is 0 Å². The zero-order valence-corrected chi connectivity index (χ0v) is 13.4. The van der Waals surface area contributed by atoms with Crippen LogP contribution in [-0.2, 0) is 13.1 Å². The van der Waals surface area contributed by atoms with Gasteiger partial charge in [0.05, 0.1) is 12.2 Å². The van der Waals surface area contributed by atoms with Gasteiger partial charge in [0.25, 0.3) is 0 Å². The molecule has 1 atom stereocenters. The standard InChI is InChI=1S/C15H29N5/c1-13-6-5-7-19(11-13)8-9-20-12-14(17-18-20)10-16-15(2,3)4/h12-13,16H,5-11H2,1-4H3. The fourth-order valence-electron chi connectivity index (χ4n) is 2.62. The zero-order chi connectivity index (χ0) is 14.6. The molecular weight excluding hydrogens is 250 g/mol. The summed E-state index contributed by atoms with van der Waals surface area (Å²) >= 11 is 0. The van der Waals surface area contributed by atoms with Crippen LogP contribution in [0.2, 0.25) is 0 Å². The van der Waals surface area contributed by atoms with E-state index in [9.17, 15) is 0 Å². The summed E-state index contributed by atoms with van der Waals surface area (Å²) in [4.78, 5) is 2.54. The Morgan fingerprint density at radius 1 is 1.35 bits per heavy atom. The first-order chi connectivity index (χ1) is 9.42. The van der Waals surface area contributed by atoms with E-state index in [1.807, 2.05) is 4.68 Å². The molecule has 0 spiro atoms. The quantitative estimate of drug-likeness (QED) is 0.894. The minimum absolute atomic E-state index is 0.119. The van der Waals surface area contributed by atoms with Gasteiger partial charge in [-0.1, -0.05) is 12.1 Å². The Labute approximate surface area is 122 Å². The van der Waals surface area contributed by atoms with Crippen LogP contribution < -0.4 is 5.32 Å². The van der Waals surface area contributed by atoms with Crippen molar-refractivity contribution < 1.29 is 0 Å². The summed E-state index contributed by atoms with van der Waals surface area (Å²) in [6, 6.07) is 0. The summed E-state index contributed by atoms with van der Waals surface area (Å²) in [5.41, 5.74) is 1.14. The van der Waals surface area contributed by atoms with Crippen molar-refractivity contribution >= 4 is 0 Å². The van der Waals surface area contributed by atoms with E-state index in [4.69, 9.17) is 0 Å². The van der Waals surface area contributed by atoms with Crippen molar-refractivity contribution in [2.24, 2.45) is 5.92 Å². The van der Waals surface area contributed by atoms with Crippen molar-refractivity contribution in [3.63, 3.8) is 0 Å². The smallest absolute Gasteiger partial charge is 0.0965 e. The lowest BCUT2D eigenvalue weighted by Crippen LogP contribution is -2.36. The van der Waals surface area contributed by atoms with Crippen molar-refractivity contribution in [3.8, 4) is 0 Å². The third kappa shape index (κ3) is 5.21. The van der Waals surface area contributed by atoms with E-state index in [0.29, 0.717) is 0 Å². The monoisotopic (exact) mass is 279 g/mol. The van der Waals surface area contributed by atoms with Crippen LogP contribution in [-0.4, -0.2) is 45.1 Å². The average molecular weight is 279 g/mol. The summed E-state index contributed by atoms with van der Waals surface area (Å²) in [5.74, 6) is 0.839. The highest BCUT2D eigenvalue weighted by molar-refractivity contribution is 4.93. The molecule has 1 unspecified atom stereocenters. The summed E-state index contributed by atoms with van der Waals surface area (Å²) in [5, 5.41) is 11.9. The molecule has 1 saturated heterocycles. The fourth-order valence-corrected chi connectivity index (χ4v) is 2.62. The van der Waals surface area contributed by atoms with E-state index < -0.39 is 0 Å². The summed E-state index contributed by atoms with van der Waals surface area (Å²) in [6.45, 7) is 14.1. The third-order valence-electron chi connectivity index (χ3n) is 3.77. The van der Waals surface area contributed by atoms with Gasteiger partial charge in [0, 0.05) is 31.4 Å². The Morgan fingerprint density at radius 2 is 2.15 bits per heavy atom. The van der Waals surface area contributed by atoms with Crippen molar-refractivity contribution in [2.45, 2.75) is 59.2 Å². The highest BCUT2D eigenvalue weighted by Crippen LogP contribution is 2.15. The molecule has 1 aromatic rings. The van der Waals surface area contributed by atoms with Gasteiger partial charge in [-0.05, 0) is 46.1 Å². The van der Waals surface area contributed by atoms with E-state index in [-0.39, 0.29) is 5.54 Å². The summed E-state index contributed by atoms with van der Waals surface area (Å²) in [7, 11) is 0. The molecule has 0 amide bonds. The molecule has 20 heavy (non-hydrogen) atoms. The number of piperidine rings is 1. The minimum atomic E-state index is 0.119. The zero-order valence-electron chi connectivity index (χ0n) is 13.4. The average Bonchev–Trinajstić information content (AvgIpc) is 2.81. The third-order valence-corrected chi connectivity index (χ3v) is 3.77. The van der Waals surface area contributed by atoms with E-state index in [0.717, 1.165) is 31.2 Å². The van der Waals surface area contributed by atoms with Crippen LogP contribution in [0.25, 0.3) is 0 Å². The molecule has 0 aromatic carbocycles. The van der Waals surface area contributed by atoms with E-state index in [2.05, 4.69) is 54.4 Å². The van der Waals surface area contributed by atoms with Crippen molar-refractivity contribution in [2.75, 3.05) is 19.6 Å². The topological polar surface area (TPSA) is 46.0 Å². The Balaban J connectivity index is 1.75. The number of hydrogen-bond acceptors (Lipinski definition) is 4. The first-order valence-electron chi connectivity index (χ1n) is 7.79. The first kappa shape index (κ1) is 15.4. The first-order valence-corrected chi connectivity index (χ1v) is 7.79. The normalized spacial score (nSPS) is 21.3. The maximum atomic E-state index is 4.23. The predicted molar refractivity (Wildman–Crippen MR) is 81.5 cm³/mol. The molecule has 1 aromatic heterocycles. The molecule has 0 aliphatic carbocycles. The molecule has 0 saturated carbocycles. The van der Waals surface area contributed by atoms with E-state index in [1.165, 1.54) is 25.9 Å². The summed E-state index contributed by atoms with van der Waals surface area (Å²) < 4.78 is 1.97. The number of rotatable bonds is 5. The van der Waals surface area contributed by atoms with Crippen molar-refractivity contribution in [1.82, 2.24) is 25.2 Å². The molecule has 1 fully saturated rings. The van der Waals surface area contributed by atoms with E-state index >= 15 is 0 Å². The van der Waals surface area contributed by atoms with Crippen LogP contribution >= 0.6 is 0 Å². The molecule has 0 radical (unpaired) electrons. The SMILES string of the molecule is CC1CCCN(CCn2cc(CNC(C)(C)C)nn2)C1. The van der Waals surface area contributed by atoms with Gasteiger partial charge in [0.15, 0.2) is 0 Å². The highest BCUT2D eigenvalue weighted by Gasteiger charge is 2.16. The molecule has 1 N–H and O–H groups in total. The number of nitrogens with zero attached hydrogens (tertiary/aromatic N) is 4.